The van der Waals surface area contributed by atoms with Gasteiger partial charge in [-0.2, -0.15) is 0 Å². The predicted octanol–water partition coefficient (Wildman–Crippen LogP) is 1.37. The van der Waals surface area contributed by atoms with Crippen molar-refractivity contribution in [2.24, 2.45) is 0 Å². The van der Waals surface area contributed by atoms with E-state index in [0.717, 1.165) is 29.6 Å². The van der Waals surface area contributed by atoms with Crippen LogP contribution in [0.3, 0.4) is 0 Å². The normalized spacial score (nSPS) is 17.9. The number of rotatable bonds is 5. The maximum Gasteiger partial charge on any atom is 0.199 e. The second-order valence-corrected chi connectivity index (χ2v) is 6.72. The molecule has 0 bridgehead atoms. The number of Topliss-reactive ketones (excluding diaryl/α,β-unsaturated/α-hetero) is 1. The van der Waals surface area contributed by atoms with Gasteiger partial charge in [0.15, 0.2) is 11.9 Å². The first-order valence-electron chi connectivity index (χ1n) is 9.01. The highest BCUT2D eigenvalue weighted by atomic mass is 16.5. The van der Waals surface area contributed by atoms with E-state index < -0.39 is 6.10 Å². The van der Waals surface area contributed by atoms with E-state index in [1.807, 2.05) is 54.6 Å². The Morgan fingerprint density at radius 3 is 2.50 bits per heavy atom. The number of hydrogen-bond donors (Lipinski definition) is 3. The first kappa shape index (κ1) is 17.0. The minimum Gasteiger partial charge on any atom is -0.379 e. The molecule has 4 rings (SSSR count). The van der Waals surface area contributed by atoms with Crippen LogP contribution in [0.15, 0.2) is 60.8 Å². The lowest BCUT2D eigenvalue weighted by Gasteiger charge is -2.33. The monoisotopic (exact) mass is 351 g/mol. The summed E-state index contributed by atoms with van der Waals surface area (Å²) in [4.78, 5) is 17.5. The van der Waals surface area contributed by atoms with E-state index in [1.165, 1.54) is 4.90 Å². The van der Waals surface area contributed by atoms with Crippen molar-refractivity contribution in [1.82, 2.24) is 4.98 Å². The lowest BCUT2D eigenvalue weighted by molar-refractivity contribution is -0.941. The van der Waals surface area contributed by atoms with Gasteiger partial charge >= 0.3 is 0 Å². The molecule has 2 aromatic carbocycles. The number of ketones is 1. The fraction of sp³-hybridized carbons (Fsp3) is 0.286. The number of carbonyl (C=O) groups excluding carboxylic acids is 1. The highest BCUT2D eigenvalue weighted by molar-refractivity contribution is 6.10. The molecule has 5 heteroatoms. The second kappa shape index (κ2) is 7.41. The highest BCUT2D eigenvalue weighted by Crippen LogP contribution is 2.23. The van der Waals surface area contributed by atoms with Crippen LogP contribution in [-0.4, -0.2) is 48.3 Å². The van der Waals surface area contributed by atoms with Crippen molar-refractivity contribution in [2.75, 3.05) is 26.3 Å². The van der Waals surface area contributed by atoms with Crippen LogP contribution in [0.1, 0.15) is 22.0 Å². The Morgan fingerprint density at radius 2 is 1.73 bits per heavy atom. The molecule has 3 aromatic rings. The number of carbonyl (C=O) groups is 1. The van der Waals surface area contributed by atoms with Gasteiger partial charge in [0.2, 0.25) is 0 Å². The zero-order valence-electron chi connectivity index (χ0n) is 14.5. The molecule has 1 fully saturated rings. The Balaban J connectivity index is 1.69. The van der Waals surface area contributed by atoms with Gasteiger partial charge in [0.25, 0.3) is 0 Å². The summed E-state index contributed by atoms with van der Waals surface area (Å²) in [6.45, 7) is 2.84. The SMILES string of the molecule is O=C(c1c[nH]c2ccccc12)[C@H](O)[C@H](c1ccccc1)[NH+]1CCOCC1. The number of aromatic nitrogens is 1. The maximum absolute atomic E-state index is 13.2. The van der Waals surface area contributed by atoms with Crippen molar-refractivity contribution in [3.63, 3.8) is 0 Å². The zero-order chi connectivity index (χ0) is 17.9. The Labute approximate surface area is 152 Å². The standard InChI is InChI=1S/C21H22N2O3/c24-20(17-14-22-18-9-5-4-8-16(17)18)21(25)19(15-6-2-1-3-7-15)23-10-12-26-13-11-23/h1-9,14,19,21-22,25H,10-13H2/p+1/t19-,21+/m0/s1. The van der Waals surface area contributed by atoms with Crippen LogP contribution in [-0.2, 0) is 4.74 Å². The van der Waals surface area contributed by atoms with Crippen molar-refractivity contribution in [1.29, 1.82) is 0 Å². The first-order chi connectivity index (χ1) is 12.8. The first-order valence-corrected chi connectivity index (χ1v) is 9.01. The fourth-order valence-corrected chi connectivity index (χ4v) is 3.83. The van der Waals surface area contributed by atoms with Gasteiger partial charge in [-0.05, 0) is 6.07 Å². The number of nitrogens with one attached hydrogen (secondary N) is 2. The van der Waals surface area contributed by atoms with Gasteiger partial charge in [-0.25, -0.2) is 0 Å². The van der Waals surface area contributed by atoms with Crippen LogP contribution in [0, 0.1) is 0 Å². The lowest BCUT2D eigenvalue weighted by atomic mass is 9.93. The van der Waals surface area contributed by atoms with E-state index in [2.05, 4.69) is 4.98 Å². The summed E-state index contributed by atoms with van der Waals surface area (Å²) in [5.41, 5.74) is 2.42. The number of H-pyrrole nitrogens is 1. The third-order valence-electron chi connectivity index (χ3n) is 5.17. The van der Waals surface area contributed by atoms with E-state index in [0.29, 0.717) is 18.8 Å². The summed E-state index contributed by atoms with van der Waals surface area (Å²) in [6, 6.07) is 17.2. The molecule has 1 aromatic heterocycles. The second-order valence-electron chi connectivity index (χ2n) is 6.72. The summed E-state index contributed by atoms with van der Waals surface area (Å²) < 4.78 is 5.46. The lowest BCUT2D eigenvalue weighted by Crippen LogP contribution is -3.15. The van der Waals surface area contributed by atoms with Crippen molar-refractivity contribution in [3.8, 4) is 0 Å². The Morgan fingerprint density at radius 1 is 1.04 bits per heavy atom. The summed E-state index contributed by atoms with van der Waals surface area (Å²) in [7, 11) is 0. The molecule has 26 heavy (non-hydrogen) atoms. The van der Waals surface area contributed by atoms with Crippen molar-refractivity contribution >= 4 is 16.7 Å². The molecule has 1 aliphatic rings. The summed E-state index contributed by atoms with van der Waals surface area (Å²) >= 11 is 0. The van der Waals surface area contributed by atoms with Gasteiger partial charge in [-0.1, -0.05) is 48.5 Å². The van der Waals surface area contributed by atoms with E-state index in [-0.39, 0.29) is 11.8 Å². The molecule has 0 unspecified atom stereocenters. The molecule has 134 valence electrons. The van der Waals surface area contributed by atoms with Gasteiger partial charge < -0.3 is 19.7 Å². The van der Waals surface area contributed by atoms with Crippen LogP contribution in [0.25, 0.3) is 10.9 Å². The van der Waals surface area contributed by atoms with Gasteiger partial charge in [-0.15, -0.1) is 0 Å². The third-order valence-corrected chi connectivity index (χ3v) is 5.17. The number of morpholine rings is 1. The fourth-order valence-electron chi connectivity index (χ4n) is 3.83. The van der Waals surface area contributed by atoms with E-state index in [1.54, 1.807) is 6.20 Å². The molecule has 1 saturated heterocycles. The van der Waals surface area contributed by atoms with Gasteiger partial charge in [-0.3, -0.25) is 4.79 Å². The quantitative estimate of drug-likeness (QED) is 0.608. The number of aromatic amines is 1. The molecule has 0 aliphatic carbocycles. The van der Waals surface area contributed by atoms with E-state index >= 15 is 0 Å². The van der Waals surface area contributed by atoms with Crippen LogP contribution in [0.2, 0.25) is 0 Å². The molecule has 0 radical (unpaired) electrons. The molecular weight excluding hydrogens is 328 g/mol. The largest absolute Gasteiger partial charge is 0.379 e. The topological polar surface area (TPSA) is 66.8 Å². The molecule has 0 saturated carbocycles. The average molecular weight is 351 g/mol. The van der Waals surface area contributed by atoms with E-state index in [9.17, 15) is 9.90 Å². The minimum absolute atomic E-state index is 0.240. The molecule has 2 atom stereocenters. The maximum atomic E-state index is 13.2. The zero-order valence-corrected chi connectivity index (χ0v) is 14.5. The minimum atomic E-state index is -1.11. The Hall–Kier alpha value is -2.47. The van der Waals surface area contributed by atoms with Crippen molar-refractivity contribution < 1.29 is 19.5 Å². The average Bonchev–Trinajstić information content (AvgIpc) is 3.13. The molecule has 0 amide bonds. The van der Waals surface area contributed by atoms with Crippen LogP contribution < -0.4 is 4.90 Å². The number of quaternary nitrogens is 1. The van der Waals surface area contributed by atoms with Crippen LogP contribution in [0.4, 0.5) is 0 Å². The summed E-state index contributed by atoms with van der Waals surface area (Å²) in [5.74, 6) is -0.240. The number of hydrogen-bond acceptors (Lipinski definition) is 3. The molecule has 5 nitrogen and oxygen atoms in total. The van der Waals surface area contributed by atoms with Crippen molar-refractivity contribution in [3.05, 3.63) is 71.9 Å². The van der Waals surface area contributed by atoms with Crippen LogP contribution >= 0.6 is 0 Å². The number of ether oxygens (including phenoxy) is 1. The number of para-hydroxylation sites is 1. The van der Waals surface area contributed by atoms with Gasteiger partial charge in [0.05, 0.1) is 13.2 Å². The third kappa shape index (κ3) is 3.17. The predicted molar refractivity (Wildman–Crippen MR) is 99.3 cm³/mol. The number of fused-ring (bicyclic) bond motifs is 1. The van der Waals surface area contributed by atoms with E-state index in [4.69, 9.17) is 4.74 Å². The summed E-state index contributed by atoms with van der Waals surface area (Å²) in [6.07, 6.45) is 0.595. The van der Waals surface area contributed by atoms with Gasteiger partial charge in [0.1, 0.15) is 19.1 Å². The van der Waals surface area contributed by atoms with Crippen LogP contribution in [0.5, 0.6) is 0 Å². The molecule has 0 spiro atoms. The smallest absolute Gasteiger partial charge is 0.199 e. The number of aliphatic hydroxyl groups is 1. The van der Waals surface area contributed by atoms with Crippen molar-refractivity contribution in [2.45, 2.75) is 12.1 Å². The molecule has 3 N–H and O–H groups in total. The highest BCUT2D eigenvalue weighted by Gasteiger charge is 2.37. The summed E-state index contributed by atoms with van der Waals surface area (Å²) in [5, 5.41) is 11.9. The number of benzene rings is 2. The molecule has 2 heterocycles. The Kier molecular flexibility index (Phi) is 4.84. The number of aliphatic hydroxyl groups excluding tert-OH is 1. The molecule has 1 aliphatic heterocycles. The Bertz CT molecular complexity index is 884. The van der Waals surface area contributed by atoms with Gasteiger partial charge in [0, 0.05) is 28.2 Å². The molecular formula is C21H23N2O3+.